The van der Waals surface area contributed by atoms with Gasteiger partial charge in [0.1, 0.15) is 11.2 Å². The Bertz CT molecular complexity index is 722. The molecule has 84 valence electrons. The molecule has 2 heterocycles. The van der Waals surface area contributed by atoms with Crippen LogP contribution in [0.2, 0.25) is 0 Å². The average Bonchev–Trinajstić information content (AvgIpc) is 2.75. The number of nitrogens with zero attached hydrogens (tertiary/aromatic N) is 2. The molecule has 0 aliphatic heterocycles. The Kier molecular flexibility index (Phi) is 1.94. The fraction of sp³-hybridized carbons (Fsp3) is 0. The van der Waals surface area contributed by atoms with Crippen molar-refractivity contribution in [3.63, 3.8) is 0 Å². The van der Waals surface area contributed by atoms with Gasteiger partial charge in [-0.1, -0.05) is 6.07 Å². The summed E-state index contributed by atoms with van der Waals surface area (Å²) in [7, 11) is 0. The van der Waals surface area contributed by atoms with Crippen molar-refractivity contribution in [2.45, 2.75) is 0 Å². The first-order chi connectivity index (χ1) is 8.24. The zero-order valence-corrected chi connectivity index (χ0v) is 8.77. The molecule has 0 radical (unpaired) electrons. The highest BCUT2D eigenvalue weighted by molar-refractivity contribution is 5.88. The summed E-state index contributed by atoms with van der Waals surface area (Å²) in [5.41, 5.74) is 8.29. The number of hydrogen-bond acceptors (Lipinski definition) is 4. The highest BCUT2D eigenvalue weighted by atomic mass is 16.1. The SMILES string of the molecule is Nc1cccc2[nH]c(-c3ccc(=O)[nH]n3)nc12. The molecule has 3 aromatic rings. The Morgan fingerprint density at radius 3 is 2.76 bits per heavy atom. The first-order valence-corrected chi connectivity index (χ1v) is 5.04. The van der Waals surface area contributed by atoms with Crippen LogP contribution in [0, 0.1) is 0 Å². The fourth-order valence-electron chi connectivity index (χ4n) is 1.65. The van der Waals surface area contributed by atoms with Crippen molar-refractivity contribution in [1.82, 2.24) is 20.2 Å². The Labute approximate surface area is 95.5 Å². The smallest absolute Gasteiger partial charge is 0.264 e. The van der Waals surface area contributed by atoms with E-state index in [9.17, 15) is 4.79 Å². The molecule has 0 aliphatic rings. The third kappa shape index (κ3) is 1.55. The minimum atomic E-state index is -0.246. The number of anilines is 1. The van der Waals surface area contributed by atoms with E-state index < -0.39 is 0 Å². The fourth-order valence-corrected chi connectivity index (χ4v) is 1.65. The molecule has 0 aliphatic carbocycles. The highest BCUT2D eigenvalue weighted by Gasteiger charge is 2.08. The van der Waals surface area contributed by atoms with Crippen LogP contribution in [0.25, 0.3) is 22.6 Å². The number of aromatic nitrogens is 4. The molecule has 0 atom stereocenters. The van der Waals surface area contributed by atoms with Crippen molar-refractivity contribution in [3.8, 4) is 11.5 Å². The van der Waals surface area contributed by atoms with E-state index in [1.807, 2.05) is 12.1 Å². The van der Waals surface area contributed by atoms with Crippen molar-refractivity contribution in [3.05, 3.63) is 40.7 Å². The summed E-state index contributed by atoms with van der Waals surface area (Å²) in [4.78, 5) is 18.4. The molecule has 0 bridgehead atoms. The van der Waals surface area contributed by atoms with Crippen LogP contribution < -0.4 is 11.3 Å². The Morgan fingerprint density at radius 2 is 2.06 bits per heavy atom. The van der Waals surface area contributed by atoms with Crippen molar-refractivity contribution in [2.75, 3.05) is 5.73 Å². The molecule has 0 saturated heterocycles. The van der Waals surface area contributed by atoms with Crippen LogP contribution in [0.5, 0.6) is 0 Å². The van der Waals surface area contributed by atoms with Crippen LogP contribution in [0.4, 0.5) is 5.69 Å². The second-order valence-corrected chi connectivity index (χ2v) is 3.64. The van der Waals surface area contributed by atoms with Crippen LogP contribution in [-0.2, 0) is 0 Å². The molecule has 0 fully saturated rings. The third-order valence-corrected chi connectivity index (χ3v) is 2.47. The summed E-state index contributed by atoms with van der Waals surface area (Å²) in [5, 5.41) is 6.26. The lowest BCUT2D eigenvalue weighted by molar-refractivity contribution is 0.985. The van der Waals surface area contributed by atoms with Crippen molar-refractivity contribution < 1.29 is 0 Å². The van der Waals surface area contributed by atoms with Gasteiger partial charge in [0.2, 0.25) is 0 Å². The van der Waals surface area contributed by atoms with Gasteiger partial charge in [-0.05, 0) is 18.2 Å². The van der Waals surface area contributed by atoms with Gasteiger partial charge in [0.15, 0.2) is 5.82 Å². The van der Waals surface area contributed by atoms with Gasteiger partial charge < -0.3 is 10.7 Å². The molecule has 1 aromatic carbocycles. The first-order valence-electron chi connectivity index (χ1n) is 5.04. The van der Waals surface area contributed by atoms with Crippen molar-refractivity contribution in [1.29, 1.82) is 0 Å². The summed E-state index contributed by atoms with van der Waals surface area (Å²) < 4.78 is 0. The number of imidazole rings is 1. The minimum absolute atomic E-state index is 0.246. The highest BCUT2D eigenvalue weighted by Crippen LogP contribution is 2.21. The molecule has 2 aromatic heterocycles. The molecule has 0 unspecified atom stereocenters. The maximum atomic E-state index is 10.9. The van der Waals surface area contributed by atoms with Crippen LogP contribution in [0.1, 0.15) is 0 Å². The molecule has 0 amide bonds. The number of aromatic amines is 2. The van der Waals surface area contributed by atoms with E-state index in [2.05, 4.69) is 20.2 Å². The van der Waals surface area contributed by atoms with Gasteiger partial charge in [-0.25, -0.2) is 10.1 Å². The summed E-state index contributed by atoms with van der Waals surface area (Å²) in [6, 6.07) is 8.52. The normalized spacial score (nSPS) is 10.8. The summed E-state index contributed by atoms with van der Waals surface area (Å²) in [6.45, 7) is 0. The standard InChI is InChI=1S/C11H9N5O/c12-6-2-1-3-7-10(6)14-11(13-7)8-4-5-9(17)16-15-8/h1-5H,12H2,(H,13,14)(H,16,17). The molecular weight excluding hydrogens is 218 g/mol. The quantitative estimate of drug-likeness (QED) is 0.537. The number of para-hydroxylation sites is 1. The minimum Gasteiger partial charge on any atom is -0.397 e. The molecule has 17 heavy (non-hydrogen) atoms. The second kappa shape index (κ2) is 3.44. The second-order valence-electron chi connectivity index (χ2n) is 3.64. The predicted octanol–water partition coefficient (Wildman–Crippen LogP) is 0.895. The van der Waals surface area contributed by atoms with Crippen LogP contribution in [-0.4, -0.2) is 20.2 Å². The van der Waals surface area contributed by atoms with E-state index in [0.717, 1.165) is 5.52 Å². The van der Waals surface area contributed by atoms with Crippen LogP contribution >= 0.6 is 0 Å². The molecular formula is C11H9N5O. The Morgan fingerprint density at radius 1 is 1.18 bits per heavy atom. The van der Waals surface area contributed by atoms with Gasteiger partial charge in [-0.15, -0.1) is 0 Å². The van der Waals surface area contributed by atoms with Gasteiger partial charge in [0.05, 0.1) is 11.2 Å². The van der Waals surface area contributed by atoms with Gasteiger partial charge in [-0.3, -0.25) is 4.79 Å². The van der Waals surface area contributed by atoms with Gasteiger partial charge in [0.25, 0.3) is 5.56 Å². The van der Waals surface area contributed by atoms with Gasteiger partial charge in [-0.2, -0.15) is 5.10 Å². The molecule has 6 nitrogen and oxygen atoms in total. The van der Waals surface area contributed by atoms with Crippen molar-refractivity contribution >= 4 is 16.7 Å². The first kappa shape index (κ1) is 9.59. The lowest BCUT2D eigenvalue weighted by Crippen LogP contribution is -2.05. The number of nitrogens with one attached hydrogen (secondary N) is 2. The summed E-state index contributed by atoms with van der Waals surface area (Å²) in [6.07, 6.45) is 0. The van der Waals surface area contributed by atoms with E-state index in [4.69, 9.17) is 5.73 Å². The summed E-state index contributed by atoms with van der Waals surface area (Å²) >= 11 is 0. The van der Waals surface area contributed by atoms with Crippen LogP contribution in [0.3, 0.4) is 0 Å². The number of rotatable bonds is 1. The largest absolute Gasteiger partial charge is 0.397 e. The molecule has 0 spiro atoms. The van der Waals surface area contributed by atoms with E-state index in [-0.39, 0.29) is 5.56 Å². The van der Waals surface area contributed by atoms with Crippen LogP contribution in [0.15, 0.2) is 35.1 Å². The Balaban J connectivity index is 2.21. The number of nitrogens with two attached hydrogens (primary N) is 1. The van der Waals surface area contributed by atoms with E-state index >= 15 is 0 Å². The average molecular weight is 227 g/mol. The maximum Gasteiger partial charge on any atom is 0.264 e. The van der Waals surface area contributed by atoms with Gasteiger partial charge in [0, 0.05) is 6.07 Å². The summed E-state index contributed by atoms with van der Waals surface area (Å²) in [5.74, 6) is 0.578. The molecule has 3 rings (SSSR count). The zero-order valence-electron chi connectivity index (χ0n) is 8.77. The monoisotopic (exact) mass is 227 g/mol. The number of benzene rings is 1. The number of nitrogen functional groups attached to an aromatic ring is 1. The third-order valence-electron chi connectivity index (χ3n) is 2.47. The topological polar surface area (TPSA) is 100 Å². The number of H-pyrrole nitrogens is 2. The predicted molar refractivity (Wildman–Crippen MR) is 64.4 cm³/mol. The number of hydrogen-bond donors (Lipinski definition) is 3. The zero-order chi connectivity index (χ0) is 11.8. The van der Waals surface area contributed by atoms with E-state index in [1.165, 1.54) is 6.07 Å². The molecule has 4 N–H and O–H groups in total. The van der Waals surface area contributed by atoms with E-state index in [1.54, 1.807) is 12.1 Å². The van der Waals surface area contributed by atoms with Gasteiger partial charge >= 0.3 is 0 Å². The number of fused-ring (bicyclic) bond motifs is 1. The lowest BCUT2D eigenvalue weighted by atomic mass is 10.3. The lowest BCUT2D eigenvalue weighted by Gasteiger charge is -1.92. The van der Waals surface area contributed by atoms with Crippen molar-refractivity contribution in [2.24, 2.45) is 0 Å². The maximum absolute atomic E-state index is 10.9. The van der Waals surface area contributed by atoms with E-state index in [0.29, 0.717) is 22.7 Å². The Hall–Kier alpha value is -2.63. The molecule has 6 heteroatoms. The molecule has 0 saturated carbocycles.